The van der Waals surface area contributed by atoms with Crippen molar-refractivity contribution >= 4 is 45.0 Å². The first-order valence-electron chi connectivity index (χ1n) is 8.94. The molecule has 1 heterocycles. The van der Waals surface area contributed by atoms with Crippen LogP contribution in [0, 0.1) is 10.1 Å². The molecule has 156 valence electrons. The molecule has 0 bridgehead atoms. The summed E-state index contributed by atoms with van der Waals surface area (Å²) in [5, 5.41) is 22.3. The number of nitro groups is 1. The van der Waals surface area contributed by atoms with E-state index in [0.717, 1.165) is 10.2 Å². The quantitative estimate of drug-likeness (QED) is 0.270. The van der Waals surface area contributed by atoms with E-state index in [0.29, 0.717) is 23.2 Å². The van der Waals surface area contributed by atoms with Crippen LogP contribution in [0.4, 0.5) is 11.4 Å². The highest BCUT2D eigenvalue weighted by Crippen LogP contribution is 2.21. The number of thioether (sulfide) groups is 1. The lowest BCUT2D eigenvalue weighted by atomic mass is 10.3. The molecule has 2 aromatic carbocycles. The summed E-state index contributed by atoms with van der Waals surface area (Å²) in [6, 6.07) is 13.2. The van der Waals surface area contributed by atoms with Crippen molar-refractivity contribution in [3.8, 4) is 5.75 Å². The van der Waals surface area contributed by atoms with E-state index in [1.54, 1.807) is 0 Å². The summed E-state index contributed by atoms with van der Waals surface area (Å²) in [7, 11) is 0. The number of aromatic nitrogens is 3. The molecule has 0 aliphatic heterocycles. The molecule has 0 aliphatic rings. The minimum atomic E-state index is -0.489. The van der Waals surface area contributed by atoms with Gasteiger partial charge in [0, 0.05) is 28.8 Å². The lowest BCUT2D eigenvalue weighted by molar-refractivity contribution is -0.384. The molecule has 0 atom stereocenters. The topological polar surface area (TPSA) is 112 Å². The van der Waals surface area contributed by atoms with Crippen LogP contribution in [-0.2, 0) is 17.9 Å². The van der Waals surface area contributed by atoms with Gasteiger partial charge >= 0.3 is 0 Å². The second-order valence-corrected chi connectivity index (χ2v) is 7.88. The lowest BCUT2D eigenvalue weighted by Crippen LogP contribution is -2.15. The fraction of sp³-hybridized carbons (Fsp3) is 0.211. The van der Waals surface area contributed by atoms with E-state index < -0.39 is 4.92 Å². The molecule has 0 spiro atoms. The Morgan fingerprint density at radius 2 is 1.90 bits per heavy atom. The van der Waals surface area contributed by atoms with Gasteiger partial charge in [0.15, 0.2) is 11.0 Å². The summed E-state index contributed by atoms with van der Waals surface area (Å²) >= 11 is 4.64. The molecule has 0 unspecified atom stereocenters. The van der Waals surface area contributed by atoms with Gasteiger partial charge in [0.2, 0.25) is 5.91 Å². The standard InChI is InChI=1S/C19H18BrN5O4S/c1-2-24-17(11-29-16-9-3-13(20)4-10-16)22-23-19(24)30-12-18(26)21-14-5-7-15(8-6-14)25(27)28/h3-10H,2,11-12H2,1H3,(H,21,26). The lowest BCUT2D eigenvalue weighted by Gasteiger charge is -2.09. The van der Waals surface area contributed by atoms with Crippen molar-refractivity contribution in [1.82, 2.24) is 14.8 Å². The Balaban J connectivity index is 1.55. The van der Waals surface area contributed by atoms with Gasteiger partial charge in [0.1, 0.15) is 12.4 Å². The van der Waals surface area contributed by atoms with Gasteiger partial charge in [0.05, 0.1) is 10.7 Å². The predicted molar refractivity (Wildman–Crippen MR) is 117 cm³/mol. The molecule has 0 radical (unpaired) electrons. The molecule has 0 saturated carbocycles. The number of carbonyl (C=O) groups is 1. The molecule has 11 heteroatoms. The van der Waals surface area contributed by atoms with E-state index >= 15 is 0 Å². The predicted octanol–water partition coefficient (Wildman–Crippen LogP) is 4.28. The monoisotopic (exact) mass is 491 g/mol. The Hall–Kier alpha value is -2.92. The second kappa shape index (κ2) is 10.2. The molecular formula is C19H18BrN5O4S. The summed E-state index contributed by atoms with van der Waals surface area (Å²) in [5.74, 6) is 1.27. The highest BCUT2D eigenvalue weighted by molar-refractivity contribution is 9.10. The van der Waals surface area contributed by atoms with Crippen molar-refractivity contribution in [3.63, 3.8) is 0 Å². The van der Waals surface area contributed by atoms with Crippen LogP contribution in [0.3, 0.4) is 0 Å². The number of nitrogens with one attached hydrogen (secondary N) is 1. The Labute approximate surface area is 185 Å². The number of rotatable bonds is 9. The number of ether oxygens (including phenoxy) is 1. The second-order valence-electron chi connectivity index (χ2n) is 6.03. The number of benzene rings is 2. The largest absolute Gasteiger partial charge is 0.486 e. The van der Waals surface area contributed by atoms with Gasteiger partial charge in [-0.25, -0.2) is 0 Å². The van der Waals surface area contributed by atoms with Crippen molar-refractivity contribution in [1.29, 1.82) is 0 Å². The molecule has 1 aromatic heterocycles. The third-order valence-electron chi connectivity index (χ3n) is 3.99. The SMILES string of the molecule is CCn1c(COc2ccc(Br)cc2)nnc1SCC(=O)Nc1ccc([N+](=O)[O-])cc1. The Morgan fingerprint density at radius 3 is 2.53 bits per heavy atom. The van der Waals surface area contributed by atoms with Crippen molar-refractivity contribution < 1.29 is 14.5 Å². The number of halogens is 1. The van der Waals surface area contributed by atoms with Crippen molar-refractivity contribution in [2.45, 2.75) is 25.2 Å². The van der Waals surface area contributed by atoms with E-state index in [2.05, 4.69) is 31.4 Å². The first kappa shape index (κ1) is 21.8. The number of amides is 1. The number of nitrogens with zero attached hydrogens (tertiary/aromatic N) is 4. The van der Waals surface area contributed by atoms with Crippen LogP contribution in [-0.4, -0.2) is 31.3 Å². The molecule has 3 aromatic rings. The van der Waals surface area contributed by atoms with Gasteiger partial charge in [-0.05, 0) is 43.3 Å². The molecule has 9 nitrogen and oxygen atoms in total. The number of non-ortho nitro benzene ring substituents is 1. The smallest absolute Gasteiger partial charge is 0.269 e. The van der Waals surface area contributed by atoms with Gasteiger partial charge in [-0.3, -0.25) is 14.9 Å². The minimum Gasteiger partial charge on any atom is -0.486 e. The zero-order valence-corrected chi connectivity index (χ0v) is 18.4. The third kappa shape index (κ3) is 5.80. The highest BCUT2D eigenvalue weighted by atomic mass is 79.9. The van der Waals surface area contributed by atoms with Gasteiger partial charge < -0.3 is 14.6 Å². The molecule has 0 fully saturated rings. The number of carbonyl (C=O) groups excluding carboxylic acids is 1. The van der Waals surface area contributed by atoms with Crippen molar-refractivity contribution in [2.24, 2.45) is 0 Å². The van der Waals surface area contributed by atoms with E-state index in [1.165, 1.54) is 36.0 Å². The maximum absolute atomic E-state index is 12.2. The van der Waals surface area contributed by atoms with Crippen LogP contribution in [0.15, 0.2) is 58.2 Å². The van der Waals surface area contributed by atoms with Crippen molar-refractivity contribution in [2.75, 3.05) is 11.1 Å². The maximum Gasteiger partial charge on any atom is 0.269 e. The van der Waals surface area contributed by atoms with Crippen LogP contribution in [0.25, 0.3) is 0 Å². The zero-order valence-electron chi connectivity index (χ0n) is 15.9. The molecule has 3 rings (SSSR count). The Morgan fingerprint density at radius 1 is 1.20 bits per heavy atom. The normalized spacial score (nSPS) is 10.6. The number of anilines is 1. The third-order valence-corrected chi connectivity index (χ3v) is 5.48. The van der Waals surface area contributed by atoms with Crippen LogP contribution >= 0.6 is 27.7 Å². The van der Waals surface area contributed by atoms with Crippen LogP contribution in [0.1, 0.15) is 12.7 Å². The number of hydrogen-bond donors (Lipinski definition) is 1. The average molecular weight is 492 g/mol. The molecule has 0 aliphatic carbocycles. The first-order chi connectivity index (χ1) is 14.5. The highest BCUT2D eigenvalue weighted by Gasteiger charge is 2.14. The average Bonchev–Trinajstić information content (AvgIpc) is 3.14. The van der Waals surface area contributed by atoms with Crippen molar-refractivity contribution in [3.05, 3.63) is 68.9 Å². The molecule has 1 amide bonds. The van der Waals surface area contributed by atoms with E-state index in [4.69, 9.17) is 4.74 Å². The summed E-state index contributed by atoms with van der Waals surface area (Å²) < 4.78 is 8.61. The molecular weight excluding hydrogens is 474 g/mol. The molecule has 30 heavy (non-hydrogen) atoms. The Bertz CT molecular complexity index is 1020. The summed E-state index contributed by atoms with van der Waals surface area (Å²) in [4.78, 5) is 22.4. The van der Waals surface area contributed by atoms with Crippen LogP contribution in [0.2, 0.25) is 0 Å². The fourth-order valence-corrected chi connectivity index (χ4v) is 3.61. The molecule has 1 N–H and O–H groups in total. The zero-order chi connectivity index (χ0) is 21.5. The Kier molecular flexibility index (Phi) is 7.41. The minimum absolute atomic E-state index is 0.0312. The fourth-order valence-electron chi connectivity index (χ4n) is 2.52. The summed E-state index contributed by atoms with van der Waals surface area (Å²) in [6.07, 6.45) is 0. The first-order valence-corrected chi connectivity index (χ1v) is 10.7. The van der Waals surface area contributed by atoms with Gasteiger partial charge in [-0.2, -0.15) is 0 Å². The van der Waals surface area contributed by atoms with Gasteiger partial charge in [0.25, 0.3) is 5.69 Å². The molecule has 0 saturated heterocycles. The maximum atomic E-state index is 12.2. The van der Waals surface area contributed by atoms with E-state index in [-0.39, 0.29) is 24.0 Å². The van der Waals surface area contributed by atoms with Gasteiger partial charge in [-0.15, -0.1) is 10.2 Å². The van der Waals surface area contributed by atoms with Crippen LogP contribution < -0.4 is 10.1 Å². The summed E-state index contributed by atoms with van der Waals surface area (Å²) in [6.45, 7) is 2.86. The number of nitro benzene ring substituents is 1. The summed E-state index contributed by atoms with van der Waals surface area (Å²) in [5.41, 5.74) is 0.461. The number of hydrogen-bond acceptors (Lipinski definition) is 7. The van der Waals surface area contributed by atoms with Gasteiger partial charge in [-0.1, -0.05) is 27.7 Å². The van der Waals surface area contributed by atoms with E-state index in [1.807, 2.05) is 35.8 Å². The van der Waals surface area contributed by atoms with E-state index in [9.17, 15) is 14.9 Å². The van der Waals surface area contributed by atoms with Crippen LogP contribution in [0.5, 0.6) is 5.75 Å².